The van der Waals surface area contributed by atoms with Gasteiger partial charge < -0.3 is 20.3 Å². The van der Waals surface area contributed by atoms with E-state index in [-0.39, 0.29) is 59.8 Å². The number of ketones is 1. The molecule has 16 heteroatoms. The van der Waals surface area contributed by atoms with Crippen molar-refractivity contribution < 1.29 is 23.9 Å². The topological polar surface area (TPSA) is 215 Å². The molecule has 1 aliphatic heterocycles. The van der Waals surface area contributed by atoms with Gasteiger partial charge in [0.2, 0.25) is 0 Å². The first kappa shape index (κ1) is 28.8. The number of hydrogen-bond donors (Lipinski definition) is 7. The molecule has 1 unspecified atom stereocenters. The normalized spacial score (nSPS) is 14.6. The highest BCUT2D eigenvalue weighted by Crippen LogP contribution is 2.30. The van der Waals surface area contributed by atoms with Crippen molar-refractivity contribution in [2.45, 2.75) is 6.29 Å². The van der Waals surface area contributed by atoms with E-state index < -0.39 is 29.7 Å². The number of halogens is 1. The zero-order valence-corrected chi connectivity index (χ0v) is 22.4. The predicted molar refractivity (Wildman–Crippen MR) is 150 cm³/mol. The van der Waals surface area contributed by atoms with Crippen LogP contribution in [0.1, 0.15) is 20.8 Å². The number of carbonyl (C=O) groups excluding carboxylic acids is 3. The van der Waals surface area contributed by atoms with E-state index >= 15 is 0 Å². The number of H-pyrrole nitrogens is 2. The molecular weight excluding hydrogens is 549 g/mol. The molecule has 42 heavy (non-hydrogen) atoms. The summed E-state index contributed by atoms with van der Waals surface area (Å²) >= 11 is 0. The number of hydrogen-bond acceptors (Lipinski definition) is 11. The first-order valence-electron chi connectivity index (χ1n) is 13.1. The number of benzene rings is 1. The number of pyridine rings is 1. The predicted octanol–water partition coefficient (Wildman–Crippen LogP) is -0.732. The lowest BCUT2D eigenvalue weighted by Gasteiger charge is -2.42. The number of piperazine rings is 1. The van der Waals surface area contributed by atoms with E-state index in [9.17, 15) is 18.8 Å². The van der Waals surface area contributed by atoms with Gasteiger partial charge in [0.25, 0.3) is 17.6 Å². The van der Waals surface area contributed by atoms with Gasteiger partial charge in [-0.15, -0.1) is 0 Å². The lowest BCUT2D eigenvalue weighted by Crippen LogP contribution is -2.65. The molecule has 1 aliphatic rings. The number of aliphatic hydroxyl groups excluding tert-OH is 1. The number of rotatable bonds is 10. The molecule has 2 amide bonds. The summed E-state index contributed by atoms with van der Waals surface area (Å²) in [6.07, 6.45) is 1.63. The Hall–Kier alpha value is -4.74. The average Bonchev–Trinajstić information content (AvgIpc) is 3.70. The van der Waals surface area contributed by atoms with Crippen LogP contribution in [0.15, 0.2) is 48.8 Å². The monoisotopic (exact) mass is 579 g/mol. The molecule has 15 nitrogen and oxygen atoms in total. The maximum atomic E-state index is 15.0. The minimum Gasteiger partial charge on any atom is -0.395 e. The number of nitrogens with zero attached hydrogens (tertiary/aromatic N) is 5. The number of aliphatic hydroxyl groups is 1. The van der Waals surface area contributed by atoms with E-state index in [0.29, 0.717) is 13.1 Å². The van der Waals surface area contributed by atoms with E-state index in [1.54, 1.807) is 0 Å². The highest BCUT2D eigenvalue weighted by molar-refractivity contribution is 6.45. The van der Waals surface area contributed by atoms with Crippen LogP contribution >= 0.6 is 0 Å². The molecule has 3 aromatic heterocycles. The summed E-state index contributed by atoms with van der Waals surface area (Å²) in [6, 6.07) is 10.7. The minimum absolute atomic E-state index is 0.0566. The summed E-state index contributed by atoms with van der Waals surface area (Å²) in [5.41, 5.74) is 3.91. The van der Waals surface area contributed by atoms with Crippen LogP contribution in [0, 0.1) is 5.82 Å². The van der Waals surface area contributed by atoms with Crippen molar-refractivity contribution in [2.24, 2.45) is 11.7 Å². The Bertz CT molecular complexity index is 1580. The summed E-state index contributed by atoms with van der Waals surface area (Å²) in [5, 5.41) is 19.4. The van der Waals surface area contributed by atoms with Crippen LogP contribution in [0.5, 0.6) is 0 Å². The van der Waals surface area contributed by atoms with Crippen molar-refractivity contribution in [3.8, 4) is 11.4 Å². The van der Waals surface area contributed by atoms with Crippen molar-refractivity contribution >= 4 is 34.2 Å². The van der Waals surface area contributed by atoms with Gasteiger partial charge in [0.05, 0.1) is 35.0 Å². The second kappa shape index (κ2) is 12.4. The van der Waals surface area contributed by atoms with Crippen LogP contribution in [-0.2, 0) is 4.79 Å². The fourth-order valence-electron chi connectivity index (χ4n) is 4.84. The summed E-state index contributed by atoms with van der Waals surface area (Å²) in [4.78, 5) is 49.0. The average molecular weight is 580 g/mol. The molecule has 0 aliphatic carbocycles. The number of hydrazine groups is 2. The fourth-order valence-corrected chi connectivity index (χ4v) is 4.84. The van der Waals surface area contributed by atoms with Gasteiger partial charge in [-0.3, -0.25) is 35.2 Å². The number of nitrogens with two attached hydrogens (primary N) is 2. The molecule has 9 N–H and O–H groups in total. The van der Waals surface area contributed by atoms with Gasteiger partial charge in [-0.25, -0.2) is 20.6 Å². The quantitative estimate of drug-likeness (QED) is 0.0409. The summed E-state index contributed by atoms with van der Waals surface area (Å²) in [7, 11) is 0. The zero-order valence-electron chi connectivity index (χ0n) is 22.4. The van der Waals surface area contributed by atoms with Crippen molar-refractivity contribution in [2.75, 3.05) is 44.3 Å². The lowest BCUT2D eigenvalue weighted by atomic mass is 10.1. The van der Waals surface area contributed by atoms with Gasteiger partial charge in [0, 0.05) is 38.9 Å². The van der Waals surface area contributed by atoms with Crippen molar-refractivity contribution in [1.82, 2.24) is 40.7 Å². The maximum Gasteiger partial charge on any atom is 0.295 e. The first-order chi connectivity index (χ1) is 20.3. The third-order valence-corrected chi connectivity index (χ3v) is 6.98. The molecule has 220 valence electrons. The number of aromatic nitrogens is 4. The third kappa shape index (κ3) is 5.56. The number of fused-ring (bicyclic) bond motifs is 1. The van der Waals surface area contributed by atoms with Gasteiger partial charge >= 0.3 is 0 Å². The largest absolute Gasteiger partial charge is 0.395 e. The highest BCUT2D eigenvalue weighted by atomic mass is 19.1. The van der Waals surface area contributed by atoms with Crippen molar-refractivity contribution in [3.63, 3.8) is 0 Å². The fraction of sp³-hybridized carbons (Fsp3) is 0.269. The SMILES string of the molecule is NNC(N1CCN(C(=O)C(=O)c2c[nH]c3c(-c4cc(C(=O)NCCO)[nH]n4)ncc(F)c23)CC1)N(N)c1ccccc1. The Morgan fingerprint density at radius 3 is 2.60 bits per heavy atom. The van der Waals surface area contributed by atoms with Gasteiger partial charge in [-0.2, -0.15) is 5.10 Å². The first-order valence-corrected chi connectivity index (χ1v) is 13.1. The van der Waals surface area contributed by atoms with E-state index in [2.05, 4.69) is 30.9 Å². The summed E-state index contributed by atoms with van der Waals surface area (Å²) in [5.74, 6) is 9.10. The lowest BCUT2D eigenvalue weighted by molar-refractivity contribution is -0.128. The van der Waals surface area contributed by atoms with E-state index in [1.165, 1.54) is 22.2 Å². The summed E-state index contributed by atoms with van der Waals surface area (Å²) in [6.45, 7) is 1.01. The molecule has 1 atom stereocenters. The molecule has 0 spiro atoms. The second-order valence-electron chi connectivity index (χ2n) is 9.49. The number of nitrogens with one attached hydrogen (secondary N) is 4. The number of anilines is 1. The molecule has 4 heterocycles. The van der Waals surface area contributed by atoms with Crippen molar-refractivity contribution in [3.05, 3.63) is 65.9 Å². The van der Waals surface area contributed by atoms with Gasteiger partial charge in [-0.1, -0.05) is 18.2 Å². The molecular formula is C26H30FN11O4. The van der Waals surface area contributed by atoms with E-state index in [4.69, 9.17) is 16.8 Å². The van der Waals surface area contributed by atoms with Gasteiger partial charge in [-0.05, 0) is 18.2 Å². The number of aromatic amines is 2. The number of para-hydroxylation sites is 1. The Kier molecular flexibility index (Phi) is 8.51. The Morgan fingerprint density at radius 1 is 1.17 bits per heavy atom. The molecule has 1 fully saturated rings. The minimum atomic E-state index is -0.880. The molecule has 0 radical (unpaired) electrons. The molecule has 1 saturated heterocycles. The number of carbonyl (C=O) groups is 3. The molecule has 0 saturated carbocycles. The number of amides is 2. The van der Waals surface area contributed by atoms with Crippen LogP contribution in [0.4, 0.5) is 10.1 Å². The summed E-state index contributed by atoms with van der Waals surface area (Å²) < 4.78 is 15.0. The van der Waals surface area contributed by atoms with E-state index in [0.717, 1.165) is 11.9 Å². The van der Waals surface area contributed by atoms with Crippen LogP contribution in [0.3, 0.4) is 0 Å². The maximum absolute atomic E-state index is 15.0. The highest BCUT2D eigenvalue weighted by Gasteiger charge is 2.33. The van der Waals surface area contributed by atoms with Crippen LogP contribution in [0.25, 0.3) is 22.3 Å². The van der Waals surface area contributed by atoms with Gasteiger partial charge in [0.1, 0.15) is 17.1 Å². The van der Waals surface area contributed by atoms with Crippen molar-refractivity contribution in [1.29, 1.82) is 0 Å². The third-order valence-electron chi connectivity index (χ3n) is 6.98. The Balaban J connectivity index is 1.30. The molecule has 5 rings (SSSR count). The zero-order chi connectivity index (χ0) is 29.8. The van der Waals surface area contributed by atoms with Crippen LogP contribution in [0.2, 0.25) is 0 Å². The molecule has 1 aromatic carbocycles. The standard InChI is InChI=1S/C26H30FN11O4/c27-17-14-32-21(18-12-19(35-34-18)24(41)30-6-11-39)22-20(17)16(13-31-22)23(40)25(42)36-7-9-37(10-8-36)26(33-28)38(29)15-4-2-1-3-5-15/h1-5,12-14,26,31,33,39H,6-11,28-29H2,(H,30,41)(H,34,35). The number of Topliss-reactive ketones (excluding diaryl/α,β-unsaturated/α-hetero) is 1. The van der Waals surface area contributed by atoms with Crippen LogP contribution < -0.4 is 27.4 Å². The van der Waals surface area contributed by atoms with E-state index in [1.807, 2.05) is 35.2 Å². The second-order valence-corrected chi connectivity index (χ2v) is 9.49. The molecule has 0 bridgehead atoms. The Labute approximate surface area is 238 Å². The molecule has 4 aromatic rings. The smallest absolute Gasteiger partial charge is 0.295 e. The van der Waals surface area contributed by atoms with Gasteiger partial charge in [0.15, 0.2) is 12.1 Å². The Morgan fingerprint density at radius 2 is 1.90 bits per heavy atom. The van der Waals surface area contributed by atoms with Crippen LogP contribution in [-0.4, -0.2) is 98.3 Å².